The largest absolute Gasteiger partial charge is 0.506 e. The first kappa shape index (κ1) is 24.2. The van der Waals surface area contributed by atoms with Crippen LogP contribution in [0.2, 0.25) is 0 Å². The molecule has 0 aliphatic carbocycles. The zero-order valence-electron chi connectivity index (χ0n) is 19.8. The first-order chi connectivity index (χ1) is 15.8. The zero-order chi connectivity index (χ0) is 24.1. The van der Waals surface area contributed by atoms with E-state index in [0.29, 0.717) is 48.3 Å². The van der Waals surface area contributed by atoms with Gasteiger partial charge in [-0.3, -0.25) is 9.59 Å². The highest BCUT2D eigenvalue weighted by Crippen LogP contribution is 2.43. The topological polar surface area (TPSA) is 85.3 Å². The Kier molecular flexibility index (Phi) is 7.63. The molecule has 1 aliphatic heterocycles. The van der Waals surface area contributed by atoms with Crippen molar-refractivity contribution in [1.29, 1.82) is 0 Å². The Morgan fingerprint density at radius 3 is 2.27 bits per heavy atom. The van der Waals surface area contributed by atoms with Crippen LogP contribution in [0, 0.1) is 5.92 Å². The highest BCUT2D eigenvalue weighted by Gasteiger charge is 2.46. The SMILES string of the molecule is CCCN1C(=O)C(=O)/C(=C(/O)c2c(OC)cccc2OC)C1c1cccc(OCC(C)C)c1. The molecule has 0 radical (unpaired) electrons. The second-order valence-electron chi connectivity index (χ2n) is 8.31. The van der Waals surface area contributed by atoms with Gasteiger partial charge in [-0.25, -0.2) is 0 Å². The van der Waals surface area contributed by atoms with Gasteiger partial charge in [0.2, 0.25) is 0 Å². The number of carbonyl (C=O) groups excluding carboxylic acids is 2. The Morgan fingerprint density at radius 1 is 1.06 bits per heavy atom. The van der Waals surface area contributed by atoms with Gasteiger partial charge in [0, 0.05) is 6.54 Å². The molecule has 3 rings (SSSR count). The number of amides is 1. The number of carbonyl (C=O) groups is 2. The fourth-order valence-corrected chi connectivity index (χ4v) is 3.95. The van der Waals surface area contributed by atoms with Gasteiger partial charge < -0.3 is 24.2 Å². The Morgan fingerprint density at radius 2 is 1.70 bits per heavy atom. The highest BCUT2D eigenvalue weighted by atomic mass is 16.5. The number of methoxy groups -OCH3 is 2. The first-order valence-electron chi connectivity index (χ1n) is 11.1. The van der Waals surface area contributed by atoms with Crippen LogP contribution >= 0.6 is 0 Å². The lowest BCUT2D eigenvalue weighted by Crippen LogP contribution is -2.30. The van der Waals surface area contributed by atoms with Crippen LogP contribution in [0.1, 0.15) is 44.4 Å². The molecule has 1 fully saturated rings. The van der Waals surface area contributed by atoms with Crippen LogP contribution in [0.15, 0.2) is 48.0 Å². The van der Waals surface area contributed by atoms with Crippen LogP contribution in [0.3, 0.4) is 0 Å². The number of hydrogen-bond acceptors (Lipinski definition) is 6. The normalized spacial score (nSPS) is 17.5. The van der Waals surface area contributed by atoms with Gasteiger partial charge in [0.15, 0.2) is 0 Å². The van der Waals surface area contributed by atoms with E-state index in [1.807, 2.05) is 31.2 Å². The van der Waals surface area contributed by atoms with Crippen molar-refractivity contribution in [3.8, 4) is 17.2 Å². The number of nitrogens with zero attached hydrogens (tertiary/aromatic N) is 1. The number of benzene rings is 2. The summed E-state index contributed by atoms with van der Waals surface area (Å²) in [6, 6.07) is 11.6. The van der Waals surface area contributed by atoms with E-state index in [-0.39, 0.29) is 16.9 Å². The summed E-state index contributed by atoms with van der Waals surface area (Å²) in [7, 11) is 2.93. The number of ether oxygens (including phenoxy) is 3. The van der Waals surface area contributed by atoms with Crippen molar-refractivity contribution >= 4 is 17.4 Å². The number of Topliss-reactive ketones (excluding diaryl/α,β-unsaturated/α-hetero) is 1. The average molecular weight is 454 g/mol. The Labute approximate surface area is 194 Å². The van der Waals surface area contributed by atoms with Crippen molar-refractivity contribution in [2.75, 3.05) is 27.4 Å². The van der Waals surface area contributed by atoms with Crippen molar-refractivity contribution in [3.05, 3.63) is 59.2 Å². The van der Waals surface area contributed by atoms with Crippen molar-refractivity contribution in [2.45, 2.75) is 33.2 Å². The standard InChI is InChI=1S/C26H31NO6/c1-6-13-27-23(17-9-7-10-18(14-17)33-15-16(2)3)22(25(29)26(27)30)24(28)21-19(31-4)11-8-12-20(21)32-5/h7-12,14,16,23,28H,6,13,15H2,1-5H3/b24-22+. The Balaban J connectivity index is 2.21. The molecule has 1 amide bonds. The van der Waals surface area contributed by atoms with Gasteiger partial charge in [-0.1, -0.05) is 39.0 Å². The lowest BCUT2D eigenvalue weighted by atomic mass is 9.94. The van der Waals surface area contributed by atoms with E-state index in [0.717, 1.165) is 0 Å². The summed E-state index contributed by atoms with van der Waals surface area (Å²) in [6.07, 6.45) is 0.658. The third-order valence-electron chi connectivity index (χ3n) is 5.43. The molecule has 2 aromatic rings. The minimum Gasteiger partial charge on any atom is -0.506 e. The fourth-order valence-electron chi connectivity index (χ4n) is 3.95. The second-order valence-corrected chi connectivity index (χ2v) is 8.31. The molecule has 1 atom stereocenters. The Hall–Kier alpha value is -3.48. The maximum absolute atomic E-state index is 13.2. The van der Waals surface area contributed by atoms with E-state index in [9.17, 15) is 14.7 Å². The van der Waals surface area contributed by atoms with Gasteiger partial charge in [0.1, 0.15) is 28.6 Å². The lowest BCUT2D eigenvalue weighted by molar-refractivity contribution is -0.139. The molecule has 0 spiro atoms. The molecule has 2 aromatic carbocycles. The van der Waals surface area contributed by atoms with E-state index in [1.165, 1.54) is 19.1 Å². The predicted molar refractivity (Wildman–Crippen MR) is 126 cm³/mol. The third-order valence-corrected chi connectivity index (χ3v) is 5.43. The molecule has 7 nitrogen and oxygen atoms in total. The quantitative estimate of drug-likeness (QED) is 0.340. The van der Waals surface area contributed by atoms with Gasteiger partial charge in [-0.05, 0) is 42.2 Å². The lowest BCUT2D eigenvalue weighted by Gasteiger charge is -2.25. The van der Waals surface area contributed by atoms with Crippen LogP contribution in [-0.4, -0.2) is 49.1 Å². The fraction of sp³-hybridized carbons (Fsp3) is 0.385. The predicted octanol–water partition coefficient (Wildman–Crippen LogP) is 4.57. The number of aliphatic hydroxyl groups is 1. The molecule has 1 heterocycles. The molecule has 1 N–H and O–H groups in total. The number of aliphatic hydroxyl groups excluding tert-OH is 1. The summed E-state index contributed by atoms with van der Waals surface area (Å²) in [5.41, 5.74) is 0.908. The van der Waals surface area contributed by atoms with E-state index >= 15 is 0 Å². The van der Waals surface area contributed by atoms with Crippen molar-refractivity contribution in [3.63, 3.8) is 0 Å². The minimum atomic E-state index is -0.762. The van der Waals surface area contributed by atoms with E-state index in [1.54, 1.807) is 18.2 Å². The van der Waals surface area contributed by atoms with E-state index in [2.05, 4.69) is 13.8 Å². The van der Waals surface area contributed by atoms with Gasteiger partial charge in [0.25, 0.3) is 11.7 Å². The summed E-state index contributed by atoms with van der Waals surface area (Å²) < 4.78 is 16.7. The second kappa shape index (κ2) is 10.4. The van der Waals surface area contributed by atoms with Crippen LogP contribution < -0.4 is 14.2 Å². The molecule has 0 bridgehead atoms. The number of likely N-dealkylation sites (tertiary alicyclic amines) is 1. The summed E-state index contributed by atoms with van der Waals surface area (Å²) >= 11 is 0. The number of rotatable bonds is 9. The molecule has 1 aliphatic rings. The van der Waals surface area contributed by atoms with Gasteiger partial charge >= 0.3 is 0 Å². The zero-order valence-corrected chi connectivity index (χ0v) is 19.8. The maximum atomic E-state index is 13.2. The molecule has 33 heavy (non-hydrogen) atoms. The summed E-state index contributed by atoms with van der Waals surface area (Å²) in [6.45, 7) is 6.95. The number of hydrogen-bond donors (Lipinski definition) is 1. The summed E-state index contributed by atoms with van der Waals surface area (Å²) in [5, 5.41) is 11.4. The Bertz CT molecular complexity index is 1040. The van der Waals surface area contributed by atoms with Gasteiger partial charge in [0.05, 0.1) is 32.4 Å². The molecule has 1 saturated heterocycles. The van der Waals surface area contributed by atoms with Crippen molar-refractivity contribution < 1.29 is 28.9 Å². The van der Waals surface area contributed by atoms with Gasteiger partial charge in [-0.15, -0.1) is 0 Å². The summed E-state index contributed by atoms with van der Waals surface area (Å²) in [4.78, 5) is 27.6. The van der Waals surface area contributed by atoms with E-state index in [4.69, 9.17) is 14.2 Å². The van der Waals surface area contributed by atoms with Crippen LogP contribution in [0.4, 0.5) is 0 Å². The maximum Gasteiger partial charge on any atom is 0.295 e. The monoisotopic (exact) mass is 453 g/mol. The molecular formula is C26H31NO6. The minimum absolute atomic E-state index is 0.00254. The third kappa shape index (κ3) is 4.82. The van der Waals surface area contributed by atoms with Crippen LogP contribution in [0.5, 0.6) is 17.2 Å². The number of ketones is 1. The molecule has 7 heteroatoms. The van der Waals surface area contributed by atoms with Crippen LogP contribution in [0.25, 0.3) is 5.76 Å². The highest BCUT2D eigenvalue weighted by molar-refractivity contribution is 6.46. The molecular weight excluding hydrogens is 422 g/mol. The van der Waals surface area contributed by atoms with Crippen molar-refractivity contribution in [2.24, 2.45) is 5.92 Å². The molecule has 0 saturated carbocycles. The smallest absolute Gasteiger partial charge is 0.295 e. The van der Waals surface area contributed by atoms with Gasteiger partial charge in [-0.2, -0.15) is 0 Å². The van der Waals surface area contributed by atoms with Crippen molar-refractivity contribution in [1.82, 2.24) is 4.90 Å². The first-order valence-corrected chi connectivity index (χ1v) is 11.1. The molecule has 176 valence electrons. The molecule has 0 aromatic heterocycles. The van der Waals surface area contributed by atoms with Crippen LogP contribution in [-0.2, 0) is 9.59 Å². The summed E-state index contributed by atoms with van der Waals surface area (Å²) in [5.74, 6) is -0.0731. The average Bonchev–Trinajstić information content (AvgIpc) is 3.07. The molecule has 1 unspecified atom stereocenters. The van der Waals surface area contributed by atoms with E-state index < -0.39 is 17.7 Å².